The zero-order valence-corrected chi connectivity index (χ0v) is 6.90. The van der Waals surface area contributed by atoms with E-state index in [4.69, 9.17) is 5.73 Å². The summed E-state index contributed by atoms with van der Waals surface area (Å²) in [5.74, 6) is -0.514. The SMILES string of the molecule is Cc1c(C(N)=O)n[nH]c1Br. The van der Waals surface area contributed by atoms with E-state index in [9.17, 15) is 4.79 Å². The summed E-state index contributed by atoms with van der Waals surface area (Å²) in [6.45, 7) is 1.76. The largest absolute Gasteiger partial charge is 0.364 e. The molecule has 0 atom stereocenters. The van der Waals surface area contributed by atoms with Crippen molar-refractivity contribution in [3.05, 3.63) is 15.9 Å². The molecule has 4 nitrogen and oxygen atoms in total. The summed E-state index contributed by atoms with van der Waals surface area (Å²) >= 11 is 3.16. The van der Waals surface area contributed by atoms with Crippen LogP contribution in [-0.2, 0) is 0 Å². The van der Waals surface area contributed by atoms with E-state index < -0.39 is 5.91 Å². The molecule has 0 unspecified atom stereocenters. The van der Waals surface area contributed by atoms with Gasteiger partial charge in [-0.3, -0.25) is 9.89 Å². The molecule has 1 rings (SSSR count). The number of rotatable bonds is 1. The van der Waals surface area contributed by atoms with E-state index in [-0.39, 0.29) is 5.69 Å². The number of carbonyl (C=O) groups excluding carboxylic acids is 1. The van der Waals surface area contributed by atoms with Crippen molar-refractivity contribution in [2.45, 2.75) is 6.92 Å². The predicted molar refractivity (Wildman–Crippen MR) is 39.5 cm³/mol. The standard InChI is InChI=1S/C5H6BrN3O/c1-2-3(5(7)10)8-9-4(2)6/h1H3,(H2,7,10)(H,8,9). The lowest BCUT2D eigenvalue weighted by Crippen LogP contribution is -2.12. The Labute approximate surface area is 65.9 Å². The van der Waals surface area contributed by atoms with Gasteiger partial charge in [-0.05, 0) is 22.9 Å². The van der Waals surface area contributed by atoms with Gasteiger partial charge in [0.2, 0.25) is 0 Å². The van der Waals surface area contributed by atoms with Gasteiger partial charge in [0.25, 0.3) is 5.91 Å². The molecule has 0 aromatic carbocycles. The third-order valence-electron chi connectivity index (χ3n) is 1.18. The number of aromatic nitrogens is 2. The van der Waals surface area contributed by atoms with Crippen LogP contribution in [-0.4, -0.2) is 16.1 Å². The molecule has 3 N–H and O–H groups in total. The van der Waals surface area contributed by atoms with Crippen molar-refractivity contribution in [3.8, 4) is 0 Å². The Bertz CT molecular complexity index is 268. The van der Waals surface area contributed by atoms with E-state index in [1.54, 1.807) is 6.92 Å². The van der Waals surface area contributed by atoms with Crippen LogP contribution in [0.5, 0.6) is 0 Å². The summed E-state index contributed by atoms with van der Waals surface area (Å²) in [6, 6.07) is 0. The number of hydrogen-bond acceptors (Lipinski definition) is 2. The maximum Gasteiger partial charge on any atom is 0.269 e. The number of amides is 1. The van der Waals surface area contributed by atoms with Crippen LogP contribution < -0.4 is 5.73 Å². The lowest BCUT2D eigenvalue weighted by atomic mass is 10.3. The minimum atomic E-state index is -0.514. The first-order chi connectivity index (χ1) is 4.63. The average molecular weight is 204 g/mol. The van der Waals surface area contributed by atoms with Crippen molar-refractivity contribution in [1.82, 2.24) is 10.2 Å². The number of nitrogens with zero attached hydrogens (tertiary/aromatic N) is 1. The molecule has 1 heterocycles. The van der Waals surface area contributed by atoms with Crippen molar-refractivity contribution < 1.29 is 4.79 Å². The monoisotopic (exact) mass is 203 g/mol. The molecule has 0 saturated heterocycles. The smallest absolute Gasteiger partial charge is 0.269 e. The first kappa shape index (κ1) is 7.27. The van der Waals surface area contributed by atoms with Crippen LogP contribution in [0.25, 0.3) is 0 Å². The maximum atomic E-state index is 10.6. The Balaban J connectivity index is 3.17. The minimum absolute atomic E-state index is 0.284. The molecular formula is C5H6BrN3O. The van der Waals surface area contributed by atoms with Gasteiger partial charge in [0.15, 0.2) is 5.69 Å². The second kappa shape index (κ2) is 2.42. The molecule has 0 aliphatic heterocycles. The predicted octanol–water partition coefficient (Wildman–Crippen LogP) is 0.580. The number of nitrogens with one attached hydrogen (secondary N) is 1. The van der Waals surface area contributed by atoms with Gasteiger partial charge in [-0.1, -0.05) is 0 Å². The molecule has 0 aliphatic carbocycles. The summed E-state index contributed by atoms with van der Waals surface area (Å²) in [5, 5.41) is 6.25. The van der Waals surface area contributed by atoms with Gasteiger partial charge >= 0.3 is 0 Å². The molecule has 5 heteroatoms. The third kappa shape index (κ3) is 1.04. The van der Waals surface area contributed by atoms with Crippen LogP contribution in [0.4, 0.5) is 0 Å². The molecule has 0 fully saturated rings. The zero-order valence-electron chi connectivity index (χ0n) is 5.31. The molecule has 10 heavy (non-hydrogen) atoms. The molecule has 0 aliphatic rings. The zero-order chi connectivity index (χ0) is 7.72. The highest BCUT2D eigenvalue weighted by Crippen LogP contribution is 2.14. The van der Waals surface area contributed by atoms with Crippen LogP contribution in [0, 0.1) is 6.92 Å². The fourth-order valence-electron chi connectivity index (χ4n) is 0.617. The van der Waals surface area contributed by atoms with Gasteiger partial charge in [-0.25, -0.2) is 0 Å². The average Bonchev–Trinajstić information content (AvgIpc) is 2.14. The summed E-state index contributed by atoms with van der Waals surface area (Å²) < 4.78 is 0.696. The maximum absolute atomic E-state index is 10.6. The molecule has 0 radical (unpaired) electrons. The molecule has 1 amide bonds. The highest BCUT2D eigenvalue weighted by molar-refractivity contribution is 9.10. The van der Waals surface area contributed by atoms with Crippen LogP contribution in [0.2, 0.25) is 0 Å². The number of H-pyrrole nitrogens is 1. The number of carbonyl (C=O) groups is 1. The molecule has 0 bridgehead atoms. The Morgan fingerprint density at radius 3 is 2.60 bits per heavy atom. The van der Waals surface area contributed by atoms with Gasteiger partial charge in [0.05, 0.1) is 0 Å². The Morgan fingerprint density at radius 1 is 1.80 bits per heavy atom. The van der Waals surface area contributed by atoms with E-state index in [0.29, 0.717) is 4.60 Å². The van der Waals surface area contributed by atoms with Gasteiger partial charge in [-0.15, -0.1) is 0 Å². The number of halogens is 1. The molecule has 1 aromatic heterocycles. The van der Waals surface area contributed by atoms with E-state index >= 15 is 0 Å². The van der Waals surface area contributed by atoms with Crippen LogP contribution in [0.1, 0.15) is 16.1 Å². The molecule has 0 saturated carbocycles. The third-order valence-corrected chi connectivity index (χ3v) is 1.96. The van der Waals surface area contributed by atoms with E-state index in [0.717, 1.165) is 5.56 Å². The summed E-state index contributed by atoms with van der Waals surface area (Å²) in [7, 11) is 0. The van der Waals surface area contributed by atoms with E-state index in [2.05, 4.69) is 26.1 Å². The van der Waals surface area contributed by atoms with E-state index in [1.165, 1.54) is 0 Å². The van der Waals surface area contributed by atoms with Gasteiger partial charge in [0, 0.05) is 5.56 Å². The Hall–Kier alpha value is -0.840. The minimum Gasteiger partial charge on any atom is -0.364 e. The van der Waals surface area contributed by atoms with Gasteiger partial charge in [-0.2, -0.15) is 5.10 Å². The van der Waals surface area contributed by atoms with Crippen molar-refractivity contribution in [2.75, 3.05) is 0 Å². The van der Waals surface area contributed by atoms with Crippen molar-refractivity contribution in [2.24, 2.45) is 5.73 Å². The first-order valence-electron chi connectivity index (χ1n) is 2.63. The van der Waals surface area contributed by atoms with Gasteiger partial charge in [0.1, 0.15) is 4.60 Å². The quantitative estimate of drug-likeness (QED) is 0.702. The normalized spacial score (nSPS) is 9.80. The lowest BCUT2D eigenvalue weighted by Gasteiger charge is -1.87. The van der Waals surface area contributed by atoms with Crippen LogP contribution >= 0.6 is 15.9 Å². The number of aromatic amines is 1. The first-order valence-corrected chi connectivity index (χ1v) is 3.42. The van der Waals surface area contributed by atoms with E-state index in [1.807, 2.05) is 0 Å². The fraction of sp³-hybridized carbons (Fsp3) is 0.200. The summed E-state index contributed by atoms with van der Waals surface area (Å²) in [5.41, 5.74) is 6.01. The van der Waals surface area contributed by atoms with Crippen LogP contribution in [0.15, 0.2) is 4.60 Å². The van der Waals surface area contributed by atoms with Crippen molar-refractivity contribution in [1.29, 1.82) is 0 Å². The lowest BCUT2D eigenvalue weighted by molar-refractivity contribution is 0.0995. The van der Waals surface area contributed by atoms with Gasteiger partial charge < -0.3 is 5.73 Å². The topological polar surface area (TPSA) is 71.8 Å². The second-order valence-corrected chi connectivity index (χ2v) is 2.67. The van der Waals surface area contributed by atoms with Crippen molar-refractivity contribution in [3.63, 3.8) is 0 Å². The highest BCUT2D eigenvalue weighted by atomic mass is 79.9. The molecular weight excluding hydrogens is 198 g/mol. The second-order valence-electron chi connectivity index (χ2n) is 1.88. The number of hydrogen-bond donors (Lipinski definition) is 2. The summed E-state index contributed by atoms with van der Waals surface area (Å²) in [4.78, 5) is 10.6. The fourth-order valence-corrected chi connectivity index (χ4v) is 0.893. The molecule has 54 valence electrons. The Kier molecular flexibility index (Phi) is 1.76. The summed E-state index contributed by atoms with van der Waals surface area (Å²) in [6.07, 6.45) is 0. The number of nitrogens with two attached hydrogens (primary N) is 1. The molecule has 0 spiro atoms. The van der Waals surface area contributed by atoms with Crippen molar-refractivity contribution >= 4 is 21.8 Å². The Morgan fingerprint density at radius 2 is 2.40 bits per heavy atom. The molecule has 1 aromatic rings. The number of primary amides is 1. The van der Waals surface area contributed by atoms with Crippen LogP contribution in [0.3, 0.4) is 0 Å². The highest BCUT2D eigenvalue weighted by Gasteiger charge is 2.10.